The van der Waals surface area contributed by atoms with Gasteiger partial charge in [0.2, 0.25) is 5.82 Å². The molecule has 0 amide bonds. The first-order valence-electron chi connectivity index (χ1n) is 9.61. The van der Waals surface area contributed by atoms with E-state index in [0.29, 0.717) is 30.6 Å². The number of benzene rings is 2. The molecule has 28 heavy (non-hydrogen) atoms. The van der Waals surface area contributed by atoms with E-state index in [-0.39, 0.29) is 5.92 Å². The second-order valence-corrected chi connectivity index (χ2v) is 7.26. The summed E-state index contributed by atoms with van der Waals surface area (Å²) in [5, 5.41) is 16.4. The Kier molecular flexibility index (Phi) is 5.21. The molecule has 6 nitrogen and oxygen atoms in total. The predicted octanol–water partition coefficient (Wildman–Crippen LogP) is 3.92. The molecule has 1 aliphatic carbocycles. The molecule has 1 fully saturated rings. The molecule has 1 heterocycles. The molecule has 144 valence electrons. The van der Waals surface area contributed by atoms with Crippen LogP contribution in [0.3, 0.4) is 0 Å². The first-order chi connectivity index (χ1) is 13.6. The van der Waals surface area contributed by atoms with Gasteiger partial charge in [0.25, 0.3) is 5.89 Å². The van der Waals surface area contributed by atoms with Gasteiger partial charge in [0, 0.05) is 23.7 Å². The monoisotopic (exact) mass is 377 g/mol. The van der Waals surface area contributed by atoms with Crippen LogP contribution in [0.25, 0.3) is 22.8 Å². The molecule has 0 saturated heterocycles. The second-order valence-electron chi connectivity index (χ2n) is 7.26. The van der Waals surface area contributed by atoms with Crippen LogP contribution in [0.15, 0.2) is 53.1 Å². The van der Waals surface area contributed by atoms with Gasteiger partial charge in [-0.15, -0.1) is 0 Å². The summed E-state index contributed by atoms with van der Waals surface area (Å²) in [5.41, 5.74) is 4.20. The van der Waals surface area contributed by atoms with Crippen LogP contribution in [-0.2, 0) is 17.8 Å². The maximum atomic E-state index is 10.9. The number of aromatic nitrogens is 2. The molecule has 0 atom stereocenters. The largest absolute Gasteiger partial charge is 0.481 e. The summed E-state index contributed by atoms with van der Waals surface area (Å²) < 4.78 is 5.44. The van der Waals surface area contributed by atoms with Gasteiger partial charge in [0.05, 0.1) is 5.92 Å². The van der Waals surface area contributed by atoms with E-state index in [1.54, 1.807) is 0 Å². The fourth-order valence-electron chi connectivity index (χ4n) is 3.40. The summed E-state index contributed by atoms with van der Waals surface area (Å²) in [6.07, 6.45) is 2.37. The molecule has 2 N–H and O–H groups in total. The van der Waals surface area contributed by atoms with E-state index in [4.69, 9.17) is 9.63 Å². The van der Waals surface area contributed by atoms with Crippen LogP contribution >= 0.6 is 0 Å². The van der Waals surface area contributed by atoms with Gasteiger partial charge >= 0.3 is 5.97 Å². The van der Waals surface area contributed by atoms with Crippen molar-refractivity contribution in [2.75, 3.05) is 0 Å². The Morgan fingerprint density at radius 1 is 1.14 bits per heavy atom. The van der Waals surface area contributed by atoms with Crippen molar-refractivity contribution in [3.63, 3.8) is 0 Å². The summed E-state index contributed by atoms with van der Waals surface area (Å²) in [4.78, 5) is 15.4. The highest BCUT2D eigenvalue weighted by Gasteiger charge is 2.33. The summed E-state index contributed by atoms with van der Waals surface area (Å²) in [6, 6.07) is 16.4. The lowest BCUT2D eigenvalue weighted by atomic mass is 9.80. The van der Waals surface area contributed by atoms with Crippen molar-refractivity contribution in [3.05, 3.63) is 59.7 Å². The second kappa shape index (κ2) is 7.94. The van der Waals surface area contributed by atoms with Gasteiger partial charge in [-0.25, -0.2) is 0 Å². The van der Waals surface area contributed by atoms with Crippen molar-refractivity contribution < 1.29 is 14.4 Å². The van der Waals surface area contributed by atoms with Gasteiger partial charge in [-0.2, -0.15) is 4.98 Å². The molecule has 0 spiro atoms. The quantitative estimate of drug-likeness (QED) is 0.649. The summed E-state index contributed by atoms with van der Waals surface area (Å²) in [5.74, 6) is 0.211. The molecular formula is C22H23N3O3. The first kappa shape index (κ1) is 18.4. The molecule has 1 aromatic heterocycles. The zero-order valence-corrected chi connectivity index (χ0v) is 15.8. The smallest absolute Gasteiger partial charge is 0.306 e. The van der Waals surface area contributed by atoms with E-state index in [2.05, 4.69) is 34.5 Å². The summed E-state index contributed by atoms with van der Waals surface area (Å²) >= 11 is 0. The number of hydrogen-bond acceptors (Lipinski definition) is 5. The molecule has 3 aromatic rings. The lowest BCUT2D eigenvalue weighted by Gasteiger charge is -2.33. The van der Waals surface area contributed by atoms with E-state index < -0.39 is 5.97 Å². The number of aliphatic carboxylic acids is 1. The van der Waals surface area contributed by atoms with E-state index >= 15 is 0 Å². The van der Waals surface area contributed by atoms with Gasteiger partial charge in [-0.3, -0.25) is 4.79 Å². The minimum Gasteiger partial charge on any atom is -0.481 e. The molecule has 0 bridgehead atoms. The minimum absolute atomic E-state index is 0.190. The average Bonchev–Trinajstić information content (AvgIpc) is 3.17. The SMILES string of the molecule is CCc1cccc(-c2nc(-c3ccc(CNC4CC(C(=O)O)C4)cc3)no2)c1. The molecule has 1 saturated carbocycles. The van der Waals surface area contributed by atoms with Crippen molar-refractivity contribution in [1.29, 1.82) is 0 Å². The zero-order valence-electron chi connectivity index (χ0n) is 15.8. The van der Waals surface area contributed by atoms with Crippen molar-refractivity contribution in [2.24, 2.45) is 5.92 Å². The fraction of sp³-hybridized carbons (Fsp3) is 0.318. The Labute approximate surface area is 163 Å². The molecule has 1 aliphatic rings. The Morgan fingerprint density at radius 2 is 1.93 bits per heavy atom. The number of rotatable bonds is 7. The van der Waals surface area contributed by atoms with Gasteiger partial charge < -0.3 is 14.9 Å². The molecule has 6 heteroatoms. The van der Waals surface area contributed by atoms with Crippen molar-refractivity contribution in [2.45, 2.75) is 38.8 Å². The number of nitrogens with zero attached hydrogens (tertiary/aromatic N) is 2. The molecule has 0 radical (unpaired) electrons. The van der Waals surface area contributed by atoms with Crippen LogP contribution in [0, 0.1) is 5.92 Å². The molecule has 4 rings (SSSR count). The van der Waals surface area contributed by atoms with Crippen LogP contribution in [0.2, 0.25) is 0 Å². The highest BCUT2D eigenvalue weighted by Crippen LogP contribution is 2.28. The number of hydrogen-bond donors (Lipinski definition) is 2. The molecule has 0 unspecified atom stereocenters. The number of carbonyl (C=O) groups is 1. The van der Waals surface area contributed by atoms with E-state index in [1.165, 1.54) is 5.56 Å². The van der Waals surface area contributed by atoms with E-state index in [0.717, 1.165) is 29.7 Å². The maximum Gasteiger partial charge on any atom is 0.306 e. The standard InChI is InChI=1S/C22H23N3O3/c1-2-14-4-3-5-17(10-14)21-24-20(25-28-21)16-8-6-15(7-9-16)13-23-19-11-18(12-19)22(26)27/h3-10,18-19,23H,2,11-13H2,1H3,(H,26,27). The number of carboxylic acid groups (broad SMARTS) is 1. The molecule has 2 aromatic carbocycles. The van der Waals surface area contributed by atoms with Crippen LogP contribution < -0.4 is 5.32 Å². The number of carboxylic acids is 1. The van der Waals surface area contributed by atoms with E-state index in [9.17, 15) is 4.79 Å². The topological polar surface area (TPSA) is 88.2 Å². The normalized spacial score (nSPS) is 18.6. The minimum atomic E-state index is -0.691. The van der Waals surface area contributed by atoms with Crippen molar-refractivity contribution in [3.8, 4) is 22.8 Å². The van der Waals surface area contributed by atoms with Crippen LogP contribution in [0.5, 0.6) is 0 Å². The first-order valence-corrected chi connectivity index (χ1v) is 9.61. The van der Waals surface area contributed by atoms with E-state index in [1.807, 2.05) is 36.4 Å². The summed E-state index contributed by atoms with van der Waals surface area (Å²) in [6.45, 7) is 2.84. The predicted molar refractivity (Wildman–Crippen MR) is 106 cm³/mol. The third-order valence-electron chi connectivity index (χ3n) is 5.30. The third kappa shape index (κ3) is 3.97. The Balaban J connectivity index is 1.38. The van der Waals surface area contributed by atoms with Crippen LogP contribution in [0.4, 0.5) is 0 Å². The van der Waals surface area contributed by atoms with Crippen LogP contribution in [-0.4, -0.2) is 27.3 Å². The maximum absolute atomic E-state index is 10.9. The molecule has 0 aliphatic heterocycles. The fourth-order valence-corrected chi connectivity index (χ4v) is 3.40. The van der Waals surface area contributed by atoms with Gasteiger partial charge in [-0.05, 0) is 42.5 Å². The number of nitrogens with one attached hydrogen (secondary N) is 1. The highest BCUT2D eigenvalue weighted by molar-refractivity contribution is 5.71. The third-order valence-corrected chi connectivity index (χ3v) is 5.30. The summed E-state index contributed by atoms with van der Waals surface area (Å²) in [7, 11) is 0. The van der Waals surface area contributed by atoms with Gasteiger partial charge in [0.15, 0.2) is 0 Å². The number of aryl methyl sites for hydroxylation is 1. The van der Waals surface area contributed by atoms with Crippen LogP contribution in [0.1, 0.15) is 30.9 Å². The zero-order chi connectivity index (χ0) is 19.5. The Hall–Kier alpha value is -2.99. The lowest BCUT2D eigenvalue weighted by molar-refractivity contribution is -0.145. The lowest BCUT2D eigenvalue weighted by Crippen LogP contribution is -2.43. The molecular weight excluding hydrogens is 354 g/mol. The Morgan fingerprint density at radius 3 is 2.64 bits per heavy atom. The Bertz CT molecular complexity index is 959. The highest BCUT2D eigenvalue weighted by atomic mass is 16.5. The van der Waals surface area contributed by atoms with Gasteiger partial charge in [-0.1, -0.05) is 48.5 Å². The average molecular weight is 377 g/mol. The van der Waals surface area contributed by atoms with Crippen molar-refractivity contribution >= 4 is 5.97 Å². The van der Waals surface area contributed by atoms with Gasteiger partial charge in [0.1, 0.15) is 0 Å². The van der Waals surface area contributed by atoms with Crippen molar-refractivity contribution in [1.82, 2.24) is 15.5 Å².